The summed E-state index contributed by atoms with van der Waals surface area (Å²) in [5, 5.41) is 3.02. The van der Waals surface area contributed by atoms with E-state index in [1.165, 1.54) is 0 Å². The Labute approximate surface area is 157 Å². The van der Waals surface area contributed by atoms with Crippen LogP contribution in [0, 0.1) is 0 Å². The highest BCUT2D eigenvalue weighted by Crippen LogP contribution is 2.17. The lowest BCUT2D eigenvalue weighted by Gasteiger charge is -2.34. The van der Waals surface area contributed by atoms with Crippen LogP contribution in [0.3, 0.4) is 0 Å². The zero-order chi connectivity index (χ0) is 19.0. The number of carbonyl (C=O) groups excluding carboxylic acids is 1. The third kappa shape index (κ3) is 6.59. The highest BCUT2D eigenvalue weighted by atomic mass is 16.5. The summed E-state index contributed by atoms with van der Waals surface area (Å²) in [6, 6.07) is 7.78. The van der Waals surface area contributed by atoms with Crippen LogP contribution >= 0.6 is 0 Å². The fourth-order valence-electron chi connectivity index (χ4n) is 3.07. The Morgan fingerprint density at radius 3 is 2.69 bits per heavy atom. The Morgan fingerprint density at radius 2 is 1.96 bits per heavy atom. The standard InChI is InChI=1S/C20H33N3O3/c1-20(2,3)23-10-6-9-22(11-12-23)19(24)21-18-8-5-7-17(15-18)16-26-14-13-25-4/h5,7-8,15H,6,9-14,16H2,1-4H3,(H,21,24). The highest BCUT2D eigenvalue weighted by molar-refractivity contribution is 5.89. The second kappa shape index (κ2) is 9.90. The summed E-state index contributed by atoms with van der Waals surface area (Å²) in [5.41, 5.74) is 1.98. The van der Waals surface area contributed by atoms with Gasteiger partial charge in [-0.05, 0) is 44.9 Å². The van der Waals surface area contributed by atoms with Gasteiger partial charge in [-0.25, -0.2) is 4.79 Å². The maximum Gasteiger partial charge on any atom is 0.321 e. The zero-order valence-electron chi connectivity index (χ0n) is 16.6. The van der Waals surface area contributed by atoms with E-state index < -0.39 is 0 Å². The average molecular weight is 364 g/mol. The van der Waals surface area contributed by atoms with Gasteiger partial charge in [0.1, 0.15) is 0 Å². The molecule has 0 radical (unpaired) electrons. The molecule has 0 spiro atoms. The second-order valence-corrected chi connectivity index (χ2v) is 7.67. The molecule has 0 unspecified atom stereocenters. The number of nitrogens with zero attached hydrogens (tertiary/aromatic N) is 2. The lowest BCUT2D eigenvalue weighted by atomic mass is 10.1. The van der Waals surface area contributed by atoms with E-state index in [0.717, 1.165) is 43.9 Å². The lowest BCUT2D eigenvalue weighted by molar-refractivity contribution is 0.0617. The summed E-state index contributed by atoms with van der Waals surface area (Å²) in [5.74, 6) is 0. The van der Waals surface area contributed by atoms with Crippen molar-refractivity contribution >= 4 is 11.7 Å². The maximum absolute atomic E-state index is 12.6. The zero-order valence-corrected chi connectivity index (χ0v) is 16.6. The molecule has 0 saturated carbocycles. The van der Waals surface area contributed by atoms with Crippen molar-refractivity contribution in [3.63, 3.8) is 0 Å². The molecule has 0 bridgehead atoms. The highest BCUT2D eigenvalue weighted by Gasteiger charge is 2.25. The maximum atomic E-state index is 12.6. The van der Waals surface area contributed by atoms with Gasteiger partial charge < -0.3 is 19.7 Å². The number of nitrogens with one attached hydrogen (secondary N) is 1. The van der Waals surface area contributed by atoms with Gasteiger partial charge in [-0.3, -0.25) is 4.90 Å². The molecule has 0 atom stereocenters. The first-order valence-corrected chi connectivity index (χ1v) is 9.37. The van der Waals surface area contributed by atoms with Crippen LogP contribution < -0.4 is 5.32 Å². The molecule has 1 N–H and O–H groups in total. The van der Waals surface area contributed by atoms with E-state index in [9.17, 15) is 4.79 Å². The van der Waals surface area contributed by atoms with Crippen LogP contribution in [0.5, 0.6) is 0 Å². The molecule has 26 heavy (non-hydrogen) atoms. The molecule has 0 aliphatic carbocycles. The van der Waals surface area contributed by atoms with Crippen molar-refractivity contribution in [2.24, 2.45) is 0 Å². The van der Waals surface area contributed by atoms with Crippen LogP contribution in [-0.4, -0.2) is 67.9 Å². The molecule has 1 aliphatic rings. The number of hydrogen-bond donors (Lipinski definition) is 1. The van der Waals surface area contributed by atoms with Gasteiger partial charge in [-0.1, -0.05) is 12.1 Å². The number of benzene rings is 1. The minimum atomic E-state index is -0.0294. The van der Waals surface area contributed by atoms with Gasteiger partial charge in [0.15, 0.2) is 0 Å². The van der Waals surface area contributed by atoms with Crippen molar-refractivity contribution in [2.75, 3.05) is 51.8 Å². The third-order valence-electron chi connectivity index (χ3n) is 4.61. The Kier molecular flexibility index (Phi) is 7.87. The molecule has 1 aliphatic heterocycles. The van der Waals surface area contributed by atoms with E-state index in [2.05, 4.69) is 31.0 Å². The normalized spacial score (nSPS) is 16.4. The number of hydrogen-bond acceptors (Lipinski definition) is 4. The molecule has 1 saturated heterocycles. The predicted molar refractivity (Wildman–Crippen MR) is 105 cm³/mol. The molecular formula is C20H33N3O3. The van der Waals surface area contributed by atoms with Crippen LogP contribution in [0.2, 0.25) is 0 Å². The number of anilines is 1. The van der Waals surface area contributed by atoms with Gasteiger partial charge in [0.25, 0.3) is 0 Å². The fourth-order valence-corrected chi connectivity index (χ4v) is 3.07. The monoisotopic (exact) mass is 363 g/mol. The molecule has 1 aromatic rings. The van der Waals surface area contributed by atoms with Gasteiger partial charge in [-0.15, -0.1) is 0 Å². The number of amides is 2. The Morgan fingerprint density at radius 1 is 1.15 bits per heavy atom. The topological polar surface area (TPSA) is 54.0 Å². The van der Waals surface area contributed by atoms with Crippen LogP contribution in [0.4, 0.5) is 10.5 Å². The summed E-state index contributed by atoms with van der Waals surface area (Å²) < 4.78 is 10.5. The first kappa shape index (κ1) is 20.7. The molecule has 146 valence electrons. The lowest BCUT2D eigenvalue weighted by Crippen LogP contribution is -2.44. The van der Waals surface area contributed by atoms with Crippen molar-refractivity contribution in [3.8, 4) is 0 Å². The predicted octanol–water partition coefficient (Wildman–Crippen LogP) is 3.19. The summed E-state index contributed by atoms with van der Waals surface area (Å²) in [6.45, 7) is 11.8. The van der Waals surface area contributed by atoms with Crippen LogP contribution in [0.25, 0.3) is 0 Å². The van der Waals surface area contributed by atoms with Gasteiger partial charge in [0, 0.05) is 44.5 Å². The minimum absolute atomic E-state index is 0.0294. The molecular weight excluding hydrogens is 330 g/mol. The first-order valence-electron chi connectivity index (χ1n) is 9.37. The largest absolute Gasteiger partial charge is 0.382 e. The van der Waals surface area contributed by atoms with Crippen LogP contribution in [0.1, 0.15) is 32.8 Å². The number of methoxy groups -OCH3 is 1. The molecule has 1 fully saturated rings. The minimum Gasteiger partial charge on any atom is -0.382 e. The van der Waals surface area contributed by atoms with E-state index >= 15 is 0 Å². The second-order valence-electron chi connectivity index (χ2n) is 7.67. The number of carbonyl (C=O) groups is 1. The van der Waals surface area contributed by atoms with E-state index in [4.69, 9.17) is 9.47 Å². The molecule has 2 rings (SSSR count). The van der Waals surface area contributed by atoms with Gasteiger partial charge >= 0.3 is 6.03 Å². The third-order valence-corrected chi connectivity index (χ3v) is 4.61. The molecule has 2 amide bonds. The van der Waals surface area contributed by atoms with Gasteiger partial charge in [0.2, 0.25) is 0 Å². The Hall–Kier alpha value is -1.63. The summed E-state index contributed by atoms with van der Waals surface area (Å²) in [7, 11) is 1.66. The van der Waals surface area contributed by atoms with Crippen LogP contribution in [-0.2, 0) is 16.1 Å². The molecule has 6 nitrogen and oxygen atoms in total. The van der Waals surface area contributed by atoms with Gasteiger partial charge in [-0.2, -0.15) is 0 Å². The van der Waals surface area contributed by atoms with E-state index in [-0.39, 0.29) is 11.6 Å². The van der Waals surface area contributed by atoms with Gasteiger partial charge in [0.05, 0.1) is 19.8 Å². The summed E-state index contributed by atoms with van der Waals surface area (Å²) in [6.07, 6.45) is 0.998. The van der Waals surface area contributed by atoms with Crippen molar-refractivity contribution in [1.29, 1.82) is 0 Å². The number of rotatable bonds is 6. The van der Waals surface area contributed by atoms with E-state index in [0.29, 0.717) is 19.8 Å². The Bertz CT molecular complexity index is 572. The average Bonchev–Trinajstić information content (AvgIpc) is 2.85. The SMILES string of the molecule is COCCOCc1cccc(NC(=O)N2CCCN(C(C)(C)C)CC2)c1. The number of ether oxygens (including phenoxy) is 2. The Balaban J connectivity index is 1.87. The molecule has 1 aromatic carbocycles. The smallest absolute Gasteiger partial charge is 0.321 e. The molecule has 1 heterocycles. The quantitative estimate of drug-likeness (QED) is 0.789. The van der Waals surface area contributed by atoms with Crippen LogP contribution in [0.15, 0.2) is 24.3 Å². The molecule has 6 heteroatoms. The van der Waals surface area contributed by atoms with Crippen molar-refractivity contribution in [1.82, 2.24) is 9.80 Å². The van der Waals surface area contributed by atoms with E-state index in [1.807, 2.05) is 29.2 Å². The first-order chi connectivity index (χ1) is 12.4. The summed E-state index contributed by atoms with van der Waals surface area (Å²) >= 11 is 0. The van der Waals surface area contributed by atoms with Crippen molar-refractivity contribution in [3.05, 3.63) is 29.8 Å². The number of urea groups is 1. The summed E-state index contributed by atoms with van der Waals surface area (Å²) in [4.78, 5) is 17.0. The fraction of sp³-hybridized carbons (Fsp3) is 0.650. The molecule has 0 aromatic heterocycles. The van der Waals surface area contributed by atoms with E-state index in [1.54, 1.807) is 7.11 Å². The van der Waals surface area contributed by atoms with Crippen molar-refractivity contribution < 1.29 is 14.3 Å². The van der Waals surface area contributed by atoms with Crippen molar-refractivity contribution in [2.45, 2.75) is 39.3 Å².